The Morgan fingerprint density at radius 2 is 1.88 bits per heavy atom. The van der Waals surface area contributed by atoms with Gasteiger partial charge in [0.05, 0.1) is 5.91 Å². The van der Waals surface area contributed by atoms with Crippen molar-refractivity contribution in [1.82, 2.24) is 4.90 Å². The van der Waals surface area contributed by atoms with Crippen molar-refractivity contribution in [3.05, 3.63) is 6.42 Å². The average molecular weight is 139 g/mol. The van der Waals surface area contributed by atoms with Gasteiger partial charge in [-0.15, -0.1) is 0 Å². The SMILES string of the molecule is C[CH-]C(=O)N(C)C.[K+]. The summed E-state index contributed by atoms with van der Waals surface area (Å²) in [7, 11) is 3.45. The van der Waals surface area contributed by atoms with E-state index in [-0.39, 0.29) is 57.3 Å². The zero-order valence-electron chi connectivity index (χ0n) is 5.93. The zero-order chi connectivity index (χ0) is 5.86. The Labute approximate surface area is 93.0 Å². The third kappa shape index (κ3) is 5.12. The first-order valence-electron chi connectivity index (χ1n) is 2.19. The van der Waals surface area contributed by atoms with Crippen LogP contribution < -0.4 is 51.4 Å². The maximum absolute atomic E-state index is 10.4. The molecule has 0 aromatic rings. The number of rotatable bonds is 1. The van der Waals surface area contributed by atoms with Crippen LogP contribution in [0.4, 0.5) is 0 Å². The molecule has 0 saturated heterocycles. The van der Waals surface area contributed by atoms with E-state index in [1.54, 1.807) is 21.0 Å². The molecule has 0 spiro atoms. The summed E-state index contributed by atoms with van der Waals surface area (Å²) in [6.07, 6.45) is 1.53. The number of carbonyl (C=O) groups is 1. The van der Waals surface area contributed by atoms with Gasteiger partial charge in [-0.25, -0.2) is 0 Å². The van der Waals surface area contributed by atoms with Gasteiger partial charge in [-0.2, -0.15) is 6.92 Å². The van der Waals surface area contributed by atoms with Gasteiger partial charge in [0.15, 0.2) is 0 Å². The fourth-order valence-corrected chi connectivity index (χ4v) is 0.258. The zero-order valence-corrected chi connectivity index (χ0v) is 9.06. The first-order valence-corrected chi connectivity index (χ1v) is 2.19. The van der Waals surface area contributed by atoms with Gasteiger partial charge in [0.25, 0.3) is 0 Å². The molecule has 0 fully saturated rings. The van der Waals surface area contributed by atoms with Crippen LogP contribution in [-0.2, 0) is 4.79 Å². The fourth-order valence-electron chi connectivity index (χ4n) is 0.258. The topological polar surface area (TPSA) is 20.3 Å². The Kier molecular flexibility index (Phi) is 8.95. The number of nitrogens with zero attached hydrogens (tertiary/aromatic N) is 1. The van der Waals surface area contributed by atoms with Crippen LogP contribution in [0, 0.1) is 6.42 Å². The van der Waals surface area contributed by atoms with E-state index in [2.05, 4.69) is 0 Å². The number of amides is 1. The van der Waals surface area contributed by atoms with Gasteiger partial charge in [0.1, 0.15) is 0 Å². The van der Waals surface area contributed by atoms with Crippen LogP contribution in [0.25, 0.3) is 0 Å². The van der Waals surface area contributed by atoms with Crippen LogP contribution in [-0.4, -0.2) is 24.9 Å². The summed E-state index contributed by atoms with van der Waals surface area (Å²) >= 11 is 0. The van der Waals surface area contributed by atoms with Gasteiger partial charge in [-0.05, 0) is 0 Å². The van der Waals surface area contributed by atoms with Crippen LogP contribution in [0.1, 0.15) is 6.92 Å². The van der Waals surface area contributed by atoms with Crippen LogP contribution in [0.5, 0.6) is 0 Å². The minimum Gasteiger partial charge on any atom is -0.373 e. The predicted molar refractivity (Wildman–Crippen MR) is 28.7 cm³/mol. The molecule has 0 saturated carbocycles. The molecule has 0 radical (unpaired) electrons. The van der Waals surface area contributed by atoms with Crippen molar-refractivity contribution in [1.29, 1.82) is 0 Å². The maximum atomic E-state index is 10.4. The van der Waals surface area contributed by atoms with E-state index in [4.69, 9.17) is 0 Å². The molecule has 0 aliphatic carbocycles. The standard InChI is InChI=1S/C5H10NO.K/c1-4-5(7)6(2)3;/h4H,1-3H3;/q-1;+1. The molecular weight excluding hydrogens is 129 g/mol. The Bertz CT molecular complexity index is 72.8. The molecule has 0 aromatic heterocycles. The van der Waals surface area contributed by atoms with Crippen LogP contribution in [0.15, 0.2) is 0 Å². The summed E-state index contributed by atoms with van der Waals surface area (Å²) in [6.45, 7) is 1.72. The van der Waals surface area contributed by atoms with Crippen molar-refractivity contribution in [2.45, 2.75) is 6.92 Å². The Morgan fingerprint density at radius 3 is 1.88 bits per heavy atom. The minimum absolute atomic E-state index is 0. The molecule has 0 heterocycles. The van der Waals surface area contributed by atoms with Crippen LogP contribution in [0.2, 0.25) is 0 Å². The van der Waals surface area contributed by atoms with Gasteiger partial charge in [-0.1, -0.05) is 0 Å². The molecule has 1 amide bonds. The van der Waals surface area contributed by atoms with Crippen molar-refractivity contribution < 1.29 is 56.2 Å². The van der Waals surface area contributed by atoms with Gasteiger partial charge in [0, 0.05) is 14.1 Å². The molecule has 0 aliphatic heterocycles. The molecular formula is C5H10KNO. The van der Waals surface area contributed by atoms with Crippen LogP contribution >= 0.6 is 0 Å². The summed E-state index contributed by atoms with van der Waals surface area (Å²) in [5.74, 6) is 0.0556. The molecule has 0 aliphatic rings. The molecule has 2 nitrogen and oxygen atoms in total. The molecule has 0 N–H and O–H groups in total. The van der Waals surface area contributed by atoms with Crippen molar-refractivity contribution in [3.8, 4) is 0 Å². The predicted octanol–water partition coefficient (Wildman–Crippen LogP) is -2.70. The quantitative estimate of drug-likeness (QED) is 0.286. The van der Waals surface area contributed by atoms with Crippen molar-refractivity contribution in [3.63, 3.8) is 0 Å². The smallest absolute Gasteiger partial charge is 0.373 e. The van der Waals surface area contributed by atoms with Crippen LogP contribution in [0.3, 0.4) is 0 Å². The molecule has 0 bridgehead atoms. The first-order chi connectivity index (χ1) is 3.18. The van der Waals surface area contributed by atoms with Gasteiger partial charge in [-0.3, -0.25) is 0 Å². The fraction of sp³-hybridized carbons (Fsp3) is 0.600. The maximum Gasteiger partial charge on any atom is 1.00 e. The molecule has 0 rings (SSSR count). The van der Waals surface area contributed by atoms with Gasteiger partial charge < -0.3 is 16.1 Å². The molecule has 0 atom stereocenters. The minimum atomic E-state index is 0. The van der Waals surface area contributed by atoms with Crippen molar-refractivity contribution in [2.24, 2.45) is 0 Å². The second kappa shape index (κ2) is 6.10. The summed E-state index contributed by atoms with van der Waals surface area (Å²) in [5, 5.41) is 0. The van der Waals surface area contributed by atoms with E-state index in [0.29, 0.717) is 0 Å². The summed E-state index contributed by atoms with van der Waals surface area (Å²) in [4.78, 5) is 11.9. The van der Waals surface area contributed by atoms with E-state index < -0.39 is 0 Å². The monoisotopic (exact) mass is 139 g/mol. The molecule has 8 heavy (non-hydrogen) atoms. The van der Waals surface area contributed by atoms with Crippen molar-refractivity contribution >= 4 is 5.91 Å². The van der Waals surface area contributed by atoms with E-state index in [0.717, 1.165) is 0 Å². The Morgan fingerprint density at radius 1 is 1.50 bits per heavy atom. The average Bonchev–Trinajstić information content (AvgIpc) is 1.65. The Balaban J connectivity index is 0. The number of hydrogen-bond donors (Lipinski definition) is 0. The molecule has 0 aromatic carbocycles. The summed E-state index contributed by atoms with van der Waals surface area (Å²) < 4.78 is 0. The summed E-state index contributed by atoms with van der Waals surface area (Å²) in [6, 6.07) is 0. The third-order valence-electron chi connectivity index (χ3n) is 0.688. The second-order valence-electron chi connectivity index (χ2n) is 1.52. The molecule has 0 unspecified atom stereocenters. The van der Waals surface area contributed by atoms with Gasteiger partial charge in [0.2, 0.25) is 0 Å². The van der Waals surface area contributed by atoms with E-state index >= 15 is 0 Å². The number of carbonyl (C=O) groups excluding carboxylic acids is 1. The molecule has 3 heteroatoms. The van der Waals surface area contributed by atoms with E-state index in [1.165, 1.54) is 11.3 Å². The second-order valence-corrected chi connectivity index (χ2v) is 1.52. The first kappa shape index (κ1) is 11.7. The largest absolute Gasteiger partial charge is 1.00 e. The summed E-state index contributed by atoms with van der Waals surface area (Å²) in [5.41, 5.74) is 0. The van der Waals surface area contributed by atoms with Gasteiger partial charge >= 0.3 is 51.4 Å². The number of hydrogen-bond acceptors (Lipinski definition) is 1. The van der Waals surface area contributed by atoms with Crippen molar-refractivity contribution in [2.75, 3.05) is 14.1 Å². The van der Waals surface area contributed by atoms with E-state index in [1.807, 2.05) is 0 Å². The normalized spacial score (nSPS) is 6.88. The third-order valence-corrected chi connectivity index (χ3v) is 0.688. The molecule has 42 valence electrons. The van der Waals surface area contributed by atoms with E-state index in [9.17, 15) is 4.79 Å². The Hall–Kier alpha value is 0.976.